The number of aliphatic hydroxyl groups is 1. The molecule has 0 aromatic carbocycles. The Morgan fingerprint density at radius 2 is 1.61 bits per heavy atom. The summed E-state index contributed by atoms with van der Waals surface area (Å²) in [5.41, 5.74) is 0.446. The molecule has 4 nitrogen and oxygen atoms in total. The van der Waals surface area contributed by atoms with E-state index in [1.165, 1.54) is 32.1 Å². The number of hydrogen-bond donors (Lipinski definition) is 1. The van der Waals surface area contributed by atoms with Gasteiger partial charge in [-0.2, -0.15) is 0 Å². The van der Waals surface area contributed by atoms with Crippen molar-refractivity contribution < 1.29 is 13.5 Å². The van der Waals surface area contributed by atoms with Crippen molar-refractivity contribution in [3.05, 3.63) is 0 Å². The summed E-state index contributed by atoms with van der Waals surface area (Å²) in [4.78, 5) is 0. The molecule has 1 N–H and O–H groups in total. The molecule has 1 heterocycles. The molecule has 1 spiro atoms. The van der Waals surface area contributed by atoms with E-state index in [9.17, 15) is 8.42 Å². The molecular formula is C13H25NO3S. The Hall–Kier alpha value is -0.130. The van der Waals surface area contributed by atoms with Crippen LogP contribution in [0, 0.1) is 5.41 Å². The topological polar surface area (TPSA) is 57.6 Å². The highest BCUT2D eigenvalue weighted by molar-refractivity contribution is 7.89. The van der Waals surface area contributed by atoms with Crippen LogP contribution >= 0.6 is 0 Å². The van der Waals surface area contributed by atoms with Gasteiger partial charge >= 0.3 is 0 Å². The Kier molecular flexibility index (Phi) is 4.67. The highest BCUT2D eigenvalue weighted by atomic mass is 32.2. The molecule has 1 aliphatic heterocycles. The lowest BCUT2D eigenvalue weighted by Gasteiger charge is -2.43. The molecule has 0 amide bonds. The molecule has 1 aliphatic carbocycles. The molecule has 1 saturated carbocycles. The second-order valence-electron chi connectivity index (χ2n) is 5.85. The number of rotatable bonds is 4. The fraction of sp³-hybridized carbons (Fsp3) is 1.00. The van der Waals surface area contributed by atoms with E-state index in [0.717, 1.165) is 12.8 Å². The summed E-state index contributed by atoms with van der Waals surface area (Å²) in [6.45, 7) is 1.33. The summed E-state index contributed by atoms with van der Waals surface area (Å²) >= 11 is 0. The van der Waals surface area contributed by atoms with Gasteiger partial charge in [0.05, 0.1) is 5.75 Å². The van der Waals surface area contributed by atoms with Crippen molar-refractivity contribution in [2.75, 3.05) is 25.4 Å². The molecule has 0 radical (unpaired) electrons. The van der Waals surface area contributed by atoms with E-state index in [2.05, 4.69) is 0 Å². The maximum atomic E-state index is 12.0. The predicted molar refractivity (Wildman–Crippen MR) is 71.8 cm³/mol. The molecular weight excluding hydrogens is 250 g/mol. The summed E-state index contributed by atoms with van der Waals surface area (Å²) in [5.74, 6) is 0.0938. The van der Waals surface area contributed by atoms with Gasteiger partial charge in [0.1, 0.15) is 0 Å². The third-order valence-corrected chi connectivity index (χ3v) is 6.61. The molecule has 0 aromatic rings. The van der Waals surface area contributed by atoms with Crippen LogP contribution in [0.1, 0.15) is 51.4 Å². The molecule has 2 fully saturated rings. The Morgan fingerprint density at radius 1 is 1.00 bits per heavy atom. The van der Waals surface area contributed by atoms with Gasteiger partial charge in [-0.15, -0.1) is 0 Å². The van der Waals surface area contributed by atoms with E-state index in [-0.39, 0.29) is 12.4 Å². The molecule has 2 aliphatic rings. The van der Waals surface area contributed by atoms with Gasteiger partial charge in [-0.05, 0) is 37.5 Å². The minimum atomic E-state index is -3.13. The summed E-state index contributed by atoms with van der Waals surface area (Å²) in [6.07, 6.45) is 8.98. The molecule has 0 unspecified atom stereocenters. The summed E-state index contributed by atoms with van der Waals surface area (Å²) < 4.78 is 25.7. The lowest BCUT2D eigenvalue weighted by molar-refractivity contribution is 0.102. The van der Waals surface area contributed by atoms with E-state index >= 15 is 0 Å². The molecule has 0 aromatic heterocycles. The third-order valence-electron chi connectivity index (χ3n) is 4.65. The summed E-state index contributed by atoms with van der Waals surface area (Å²) in [7, 11) is -3.13. The van der Waals surface area contributed by atoms with Crippen LogP contribution in [0.2, 0.25) is 0 Å². The van der Waals surface area contributed by atoms with Crippen LogP contribution < -0.4 is 0 Å². The van der Waals surface area contributed by atoms with Crippen LogP contribution in [-0.4, -0.2) is 43.3 Å². The normalized spacial score (nSPS) is 25.4. The van der Waals surface area contributed by atoms with Gasteiger partial charge in [0.25, 0.3) is 0 Å². The quantitative estimate of drug-likeness (QED) is 0.850. The van der Waals surface area contributed by atoms with Gasteiger partial charge in [-0.25, -0.2) is 12.7 Å². The van der Waals surface area contributed by atoms with E-state index < -0.39 is 10.0 Å². The molecule has 18 heavy (non-hydrogen) atoms. The standard InChI is InChI=1S/C13H25NO3S/c15-11-4-12-18(16,17)14-9-7-13(8-10-14)5-2-1-3-6-13/h15H,1-12H2. The highest BCUT2D eigenvalue weighted by Gasteiger charge is 2.38. The Labute approximate surface area is 110 Å². The van der Waals surface area contributed by atoms with Crippen LogP contribution in [0.4, 0.5) is 0 Å². The van der Waals surface area contributed by atoms with Crippen LogP contribution in [-0.2, 0) is 10.0 Å². The van der Waals surface area contributed by atoms with Crippen LogP contribution in [0.15, 0.2) is 0 Å². The van der Waals surface area contributed by atoms with Crippen molar-refractivity contribution in [1.29, 1.82) is 0 Å². The van der Waals surface area contributed by atoms with Gasteiger partial charge in [0, 0.05) is 19.7 Å². The Morgan fingerprint density at radius 3 is 2.17 bits per heavy atom. The minimum Gasteiger partial charge on any atom is -0.396 e. The van der Waals surface area contributed by atoms with Gasteiger partial charge in [-0.1, -0.05) is 19.3 Å². The second-order valence-corrected chi connectivity index (χ2v) is 7.94. The van der Waals surface area contributed by atoms with E-state index in [1.807, 2.05) is 0 Å². The molecule has 106 valence electrons. The predicted octanol–water partition coefficient (Wildman–Crippen LogP) is 1.74. The number of hydrogen-bond acceptors (Lipinski definition) is 3. The zero-order valence-electron chi connectivity index (χ0n) is 11.1. The van der Waals surface area contributed by atoms with E-state index in [1.54, 1.807) is 4.31 Å². The zero-order chi connectivity index (χ0) is 13.1. The number of piperidine rings is 1. The fourth-order valence-electron chi connectivity index (χ4n) is 3.42. The molecule has 0 bridgehead atoms. The van der Waals surface area contributed by atoms with Crippen molar-refractivity contribution in [2.24, 2.45) is 5.41 Å². The van der Waals surface area contributed by atoms with Crippen molar-refractivity contribution >= 4 is 10.0 Å². The Balaban J connectivity index is 1.89. The molecule has 5 heteroatoms. The first-order valence-corrected chi connectivity index (χ1v) is 8.78. The number of nitrogens with zero attached hydrogens (tertiary/aromatic N) is 1. The van der Waals surface area contributed by atoms with Crippen molar-refractivity contribution in [1.82, 2.24) is 4.31 Å². The van der Waals surface area contributed by atoms with Crippen LogP contribution in [0.5, 0.6) is 0 Å². The number of sulfonamides is 1. The van der Waals surface area contributed by atoms with E-state index in [0.29, 0.717) is 24.9 Å². The maximum Gasteiger partial charge on any atom is 0.214 e. The zero-order valence-corrected chi connectivity index (χ0v) is 11.9. The second kappa shape index (κ2) is 5.88. The van der Waals surface area contributed by atoms with Crippen LogP contribution in [0.3, 0.4) is 0 Å². The minimum absolute atomic E-state index is 0.0446. The highest BCUT2D eigenvalue weighted by Crippen LogP contribution is 2.44. The lowest BCUT2D eigenvalue weighted by atomic mass is 9.68. The first kappa shape index (κ1) is 14.3. The van der Waals surface area contributed by atoms with Crippen molar-refractivity contribution in [2.45, 2.75) is 51.4 Å². The SMILES string of the molecule is O=S(=O)(CCCO)N1CCC2(CCCCC2)CC1. The number of aliphatic hydroxyl groups excluding tert-OH is 1. The van der Waals surface area contributed by atoms with Gasteiger partial charge in [0.2, 0.25) is 10.0 Å². The van der Waals surface area contributed by atoms with Gasteiger partial charge in [-0.3, -0.25) is 0 Å². The first-order valence-electron chi connectivity index (χ1n) is 7.17. The smallest absolute Gasteiger partial charge is 0.214 e. The summed E-state index contributed by atoms with van der Waals surface area (Å²) in [5, 5.41) is 8.74. The molecule has 2 rings (SSSR count). The van der Waals surface area contributed by atoms with E-state index in [4.69, 9.17) is 5.11 Å². The average molecular weight is 275 g/mol. The lowest BCUT2D eigenvalue weighted by Crippen LogP contribution is -2.44. The van der Waals surface area contributed by atoms with Crippen molar-refractivity contribution in [3.8, 4) is 0 Å². The third kappa shape index (κ3) is 3.25. The Bertz CT molecular complexity index is 350. The van der Waals surface area contributed by atoms with Crippen LogP contribution in [0.25, 0.3) is 0 Å². The first-order chi connectivity index (χ1) is 8.58. The van der Waals surface area contributed by atoms with Crippen molar-refractivity contribution in [3.63, 3.8) is 0 Å². The average Bonchev–Trinajstić information content (AvgIpc) is 2.38. The summed E-state index contributed by atoms with van der Waals surface area (Å²) in [6, 6.07) is 0. The molecule has 1 saturated heterocycles. The van der Waals surface area contributed by atoms with Gasteiger partial charge < -0.3 is 5.11 Å². The monoisotopic (exact) mass is 275 g/mol. The van der Waals surface area contributed by atoms with Gasteiger partial charge in [0.15, 0.2) is 0 Å². The largest absolute Gasteiger partial charge is 0.396 e. The molecule has 0 atom stereocenters. The fourth-order valence-corrected chi connectivity index (χ4v) is 4.91. The maximum absolute atomic E-state index is 12.0.